The highest BCUT2D eigenvalue weighted by molar-refractivity contribution is 5.82. The second-order valence-electron chi connectivity index (χ2n) is 6.39. The Hall–Kier alpha value is -2.06. The van der Waals surface area contributed by atoms with Crippen molar-refractivity contribution in [3.63, 3.8) is 0 Å². The molecule has 0 saturated heterocycles. The van der Waals surface area contributed by atoms with Crippen molar-refractivity contribution in [2.75, 3.05) is 11.7 Å². The van der Waals surface area contributed by atoms with E-state index in [9.17, 15) is 0 Å². The van der Waals surface area contributed by atoms with Gasteiger partial charge >= 0.3 is 0 Å². The van der Waals surface area contributed by atoms with Crippen LogP contribution in [0.4, 0.5) is 5.69 Å². The Morgan fingerprint density at radius 2 is 1.68 bits per heavy atom. The first-order valence-electron chi connectivity index (χ1n) is 7.97. The molecule has 0 unspecified atom stereocenters. The molecular formula is C20H21NO. The average Bonchev–Trinajstić information content (AvgIpc) is 3.31. The van der Waals surface area contributed by atoms with Crippen molar-refractivity contribution in [1.82, 2.24) is 0 Å². The van der Waals surface area contributed by atoms with Crippen molar-refractivity contribution < 1.29 is 4.84 Å². The zero-order chi connectivity index (χ0) is 15.2. The van der Waals surface area contributed by atoms with Crippen LogP contribution in [0.2, 0.25) is 0 Å². The van der Waals surface area contributed by atoms with Crippen LogP contribution in [0.15, 0.2) is 54.6 Å². The molecule has 0 aromatic heterocycles. The van der Waals surface area contributed by atoms with Crippen LogP contribution in [0, 0.1) is 13.8 Å². The fraction of sp³-hybridized carbons (Fsp3) is 0.300. The Labute approximate surface area is 132 Å². The van der Waals surface area contributed by atoms with Gasteiger partial charge in [-0.05, 0) is 55.5 Å². The van der Waals surface area contributed by atoms with Gasteiger partial charge in [0, 0.05) is 0 Å². The summed E-state index contributed by atoms with van der Waals surface area (Å²) in [5, 5.41) is 2.15. The first kappa shape index (κ1) is 13.6. The van der Waals surface area contributed by atoms with E-state index in [-0.39, 0.29) is 5.54 Å². The minimum Gasteiger partial charge on any atom is -0.268 e. The molecule has 0 radical (unpaired) electrons. The highest BCUT2D eigenvalue weighted by atomic mass is 16.7. The molecule has 1 fully saturated rings. The molecule has 1 spiro atoms. The van der Waals surface area contributed by atoms with Gasteiger partial charge in [0.25, 0.3) is 0 Å². The molecule has 2 aromatic carbocycles. The van der Waals surface area contributed by atoms with Crippen LogP contribution in [0.25, 0.3) is 5.57 Å². The fourth-order valence-electron chi connectivity index (χ4n) is 3.45. The predicted octanol–water partition coefficient (Wildman–Crippen LogP) is 4.67. The lowest BCUT2D eigenvalue weighted by Crippen LogP contribution is -2.41. The largest absolute Gasteiger partial charge is 0.268 e. The van der Waals surface area contributed by atoms with Gasteiger partial charge in [0.05, 0.1) is 17.8 Å². The number of rotatable bonds is 2. The van der Waals surface area contributed by atoms with Crippen LogP contribution < -0.4 is 5.06 Å². The summed E-state index contributed by atoms with van der Waals surface area (Å²) >= 11 is 0. The van der Waals surface area contributed by atoms with E-state index in [1.807, 2.05) is 0 Å². The summed E-state index contributed by atoms with van der Waals surface area (Å²) in [7, 11) is 0. The first-order valence-corrected chi connectivity index (χ1v) is 7.97. The minimum atomic E-state index is 0.0274. The van der Waals surface area contributed by atoms with Crippen molar-refractivity contribution >= 4 is 11.3 Å². The number of aryl methyl sites for hydroxylation is 2. The standard InChI is InChI=1S/C20H21NO/c1-15-7-9-17(10-8-15)21-20(12-13-20)19(11-14-22-21)18-6-4-3-5-16(18)2/h3-11H,12-14H2,1-2H3. The third-order valence-electron chi connectivity index (χ3n) is 4.81. The molecule has 1 aliphatic heterocycles. The van der Waals surface area contributed by atoms with E-state index >= 15 is 0 Å². The maximum absolute atomic E-state index is 6.03. The maximum Gasteiger partial charge on any atom is 0.0937 e. The molecule has 0 amide bonds. The van der Waals surface area contributed by atoms with Gasteiger partial charge < -0.3 is 0 Å². The Balaban J connectivity index is 1.75. The molecule has 0 bridgehead atoms. The molecule has 22 heavy (non-hydrogen) atoms. The topological polar surface area (TPSA) is 12.5 Å². The second-order valence-corrected chi connectivity index (χ2v) is 6.39. The molecule has 2 aromatic rings. The summed E-state index contributed by atoms with van der Waals surface area (Å²) in [6, 6.07) is 17.3. The maximum atomic E-state index is 6.03. The number of hydrogen-bond acceptors (Lipinski definition) is 2. The second kappa shape index (κ2) is 4.99. The number of hydroxylamine groups is 1. The van der Waals surface area contributed by atoms with Gasteiger partial charge in [0.2, 0.25) is 0 Å². The monoisotopic (exact) mass is 291 g/mol. The third kappa shape index (κ3) is 2.06. The van der Waals surface area contributed by atoms with Crippen LogP contribution in [0.5, 0.6) is 0 Å². The summed E-state index contributed by atoms with van der Waals surface area (Å²) in [5.74, 6) is 0. The van der Waals surface area contributed by atoms with Crippen molar-refractivity contribution in [2.45, 2.75) is 32.2 Å². The van der Waals surface area contributed by atoms with Gasteiger partial charge in [-0.25, -0.2) is 5.06 Å². The highest BCUT2D eigenvalue weighted by Gasteiger charge is 2.54. The molecular weight excluding hydrogens is 270 g/mol. The smallest absolute Gasteiger partial charge is 0.0937 e. The molecule has 2 nitrogen and oxygen atoms in total. The highest BCUT2D eigenvalue weighted by Crippen LogP contribution is 2.55. The van der Waals surface area contributed by atoms with Gasteiger partial charge in [-0.2, -0.15) is 0 Å². The van der Waals surface area contributed by atoms with Crippen molar-refractivity contribution in [3.05, 3.63) is 71.3 Å². The summed E-state index contributed by atoms with van der Waals surface area (Å²) in [6.45, 7) is 4.95. The zero-order valence-corrected chi connectivity index (χ0v) is 13.2. The molecule has 4 rings (SSSR count). The van der Waals surface area contributed by atoms with E-state index in [1.165, 1.54) is 22.3 Å². The molecule has 0 atom stereocenters. The van der Waals surface area contributed by atoms with E-state index in [0.717, 1.165) is 18.5 Å². The van der Waals surface area contributed by atoms with E-state index in [2.05, 4.69) is 73.5 Å². The lowest BCUT2D eigenvalue weighted by Gasteiger charge is -2.38. The van der Waals surface area contributed by atoms with Crippen LogP contribution in [0.3, 0.4) is 0 Å². The SMILES string of the molecule is Cc1ccc(N2OCC=C(c3ccccc3C)C23CC3)cc1. The Morgan fingerprint density at radius 1 is 0.955 bits per heavy atom. The van der Waals surface area contributed by atoms with E-state index in [1.54, 1.807) is 0 Å². The molecule has 1 heterocycles. The van der Waals surface area contributed by atoms with Crippen LogP contribution >= 0.6 is 0 Å². The van der Waals surface area contributed by atoms with Crippen molar-refractivity contribution in [3.8, 4) is 0 Å². The van der Waals surface area contributed by atoms with Crippen molar-refractivity contribution in [1.29, 1.82) is 0 Å². The van der Waals surface area contributed by atoms with Gasteiger partial charge in [-0.1, -0.05) is 48.0 Å². The lowest BCUT2D eigenvalue weighted by atomic mass is 9.91. The number of benzene rings is 2. The number of hydrogen-bond donors (Lipinski definition) is 0. The van der Waals surface area contributed by atoms with E-state index in [4.69, 9.17) is 4.84 Å². The minimum absolute atomic E-state index is 0.0274. The van der Waals surface area contributed by atoms with Gasteiger partial charge in [-0.15, -0.1) is 0 Å². The first-order chi connectivity index (χ1) is 10.7. The van der Waals surface area contributed by atoms with Gasteiger partial charge in [-0.3, -0.25) is 4.84 Å². The third-order valence-corrected chi connectivity index (χ3v) is 4.81. The summed E-state index contributed by atoms with van der Waals surface area (Å²) in [6.07, 6.45) is 4.57. The summed E-state index contributed by atoms with van der Waals surface area (Å²) in [5.41, 5.74) is 6.59. The molecule has 0 N–H and O–H groups in total. The van der Waals surface area contributed by atoms with Crippen molar-refractivity contribution in [2.24, 2.45) is 0 Å². The zero-order valence-electron chi connectivity index (χ0n) is 13.2. The Morgan fingerprint density at radius 3 is 2.36 bits per heavy atom. The normalized spacial score (nSPS) is 19.2. The lowest BCUT2D eigenvalue weighted by molar-refractivity contribution is 0.107. The summed E-state index contributed by atoms with van der Waals surface area (Å²) in [4.78, 5) is 6.03. The Bertz CT molecular complexity index is 726. The number of anilines is 1. The van der Waals surface area contributed by atoms with Crippen LogP contribution in [-0.2, 0) is 4.84 Å². The molecule has 112 valence electrons. The predicted molar refractivity (Wildman–Crippen MR) is 90.7 cm³/mol. The quantitative estimate of drug-likeness (QED) is 0.797. The Kier molecular flexibility index (Phi) is 3.08. The van der Waals surface area contributed by atoms with Gasteiger partial charge in [0.15, 0.2) is 0 Å². The van der Waals surface area contributed by atoms with Gasteiger partial charge in [0.1, 0.15) is 0 Å². The van der Waals surface area contributed by atoms with Crippen LogP contribution in [-0.4, -0.2) is 12.1 Å². The van der Waals surface area contributed by atoms with E-state index < -0.39 is 0 Å². The van der Waals surface area contributed by atoms with Crippen LogP contribution in [0.1, 0.15) is 29.5 Å². The van der Waals surface area contributed by atoms with E-state index in [0.29, 0.717) is 6.61 Å². The molecule has 2 heteroatoms. The number of nitrogens with zero attached hydrogens (tertiary/aromatic N) is 1. The molecule has 1 saturated carbocycles. The molecule has 2 aliphatic rings. The fourth-order valence-corrected chi connectivity index (χ4v) is 3.45. The average molecular weight is 291 g/mol. The summed E-state index contributed by atoms with van der Waals surface area (Å²) < 4.78 is 0. The molecule has 1 aliphatic carbocycles.